The number of fused-ring (bicyclic) bond motifs is 5. The van der Waals surface area contributed by atoms with Crippen molar-refractivity contribution in [1.29, 1.82) is 0 Å². The van der Waals surface area contributed by atoms with Gasteiger partial charge >= 0.3 is 15.6 Å². The molecule has 0 saturated heterocycles. The first-order valence-corrected chi connectivity index (χ1v) is 12.9. The van der Waals surface area contributed by atoms with Crippen LogP contribution < -0.4 is 4.18 Å². The van der Waals surface area contributed by atoms with Gasteiger partial charge in [-0.2, -0.15) is 21.6 Å². The summed E-state index contributed by atoms with van der Waals surface area (Å²) in [5, 5.41) is 0.720. The van der Waals surface area contributed by atoms with Gasteiger partial charge in [0, 0.05) is 5.02 Å². The van der Waals surface area contributed by atoms with Crippen molar-refractivity contribution < 1.29 is 25.8 Å². The van der Waals surface area contributed by atoms with E-state index < -0.39 is 15.6 Å². The number of alkyl halides is 3. The molecule has 0 aromatic heterocycles. The van der Waals surface area contributed by atoms with E-state index in [1.165, 1.54) is 23.3 Å². The van der Waals surface area contributed by atoms with Gasteiger partial charge in [0.2, 0.25) is 0 Å². The van der Waals surface area contributed by atoms with Crippen LogP contribution in [0.15, 0.2) is 48.5 Å². The molecule has 2 aromatic carbocycles. The van der Waals surface area contributed by atoms with Crippen molar-refractivity contribution in [3.05, 3.63) is 70.3 Å². The Bertz CT molecular complexity index is 1220. The number of hydrogen-bond acceptors (Lipinski definition) is 3. The molecule has 1 saturated carbocycles. The second-order valence-electron chi connectivity index (χ2n) is 9.58. The van der Waals surface area contributed by atoms with Gasteiger partial charge in [-0.3, -0.25) is 0 Å². The van der Waals surface area contributed by atoms with Crippen LogP contribution in [0.2, 0.25) is 5.02 Å². The topological polar surface area (TPSA) is 43.4 Å². The van der Waals surface area contributed by atoms with E-state index in [0.717, 1.165) is 41.8 Å². The summed E-state index contributed by atoms with van der Waals surface area (Å²) < 4.78 is 65.2. The molecule has 0 bridgehead atoms. The second-order valence-corrected chi connectivity index (χ2v) is 11.6. The molecule has 0 amide bonds. The van der Waals surface area contributed by atoms with Gasteiger partial charge in [0.25, 0.3) is 0 Å². The minimum Gasteiger partial charge on any atom is -0.376 e. The molecule has 0 N–H and O–H groups in total. The zero-order valence-electron chi connectivity index (χ0n) is 18.0. The largest absolute Gasteiger partial charge is 0.534 e. The highest BCUT2D eigenvalue weighted by atomic mass is 35.5. The van der Waals surface area contributed by atoms with Crippen LogP contribution in [0.3, 0.4) is 0 Å². The van der Waals surface area contributed by atoms with Crippen molar-refractivity contribution in [3.63, 3.8) is 0 Å². The van der Waals surface area contributed by atoms with E-state index in [9.17, 15) is 21.6 Å². The summed E-state index contributed by atoms with van der Waals surface area (Å²) in [4.78, 5) is 0. The summed E-state index contributed by atoms with van der Waals surface area (Å²) in [6, 6.07) is 12.6. The molecule has 8 heteroatoms. The third-order valence-corrected chi connectivity index (χ3v) is 9.15. The van der Waals surface area contributed by atoms with Crippen molar-refractivity contribution in [2.24, 2.45) is 17.3 Å². The molecule has 0 aliphatic heterocycles. The van der Waals surface area contributed by atoms with Crippen molar-refractivity contribution >= 4 is 27.3 Å². The number of benzene rings is 2. The molecule has 176 valence electrons. The summed E-state index contributed by atoms with van der Waals surface area (Å²) in [7, 11) is -5.67. The maximum atomic E-state index is 12.7. The molecule has 2 aromatic rings. The first-order chi connectivity index (χ1) is 15.5. The summed E-state index contributed by atoms with van der Waals surface area (Å²) in [5.41, 5.74) is -0.764. The number of halogens is 4. The molecule has 1 fully saturated rings. The molecule has 0 spiro atoms. The first-order valence-electron chi connectivity index (χ1n) is 11.1. The fourth-order valence-electron chi connectivity index (χ4n) is 6.43. The fraction of sp³-hybridized carbons (Fsp3) is 0.440. The standard InChI is InChI=1S/C25H24ClF3O3S/c1-24-13-12-20-19-9-7-18(32-33(30,31)25(27,28)29)14-16(19)4-8-21(20)23(24)11-10-22(24)15-2-5-17(26)6-3-15/h2-3,5-7,9-10,14,20-21,23H,4,8,11-13H2,1H3/t20-,21-,23+,24-/m1/s1. The van der Waals surface area contributed by atoms with Crippen molar-refractivity contribution in [3.8, 4) is 5.75 Å². The number of allylic oxidation sites excluding steroid dienone is 2. The van der Waals surface area contributed by atoms with Gasteiger partial charge < -0.3 is 4.18 Å². The molecule has 4 atom stereocenters. The molecule has 33 heavy (non-hydrogen) atoms. The zero-order valence-corrected chi connectivity index (χ0v) is 19.6. The maximum absolute atomic E-state index is 12.7. The Morgan fingerprint density at radius 3 is 2.52 bits per heavy atom. The molecule has 0 heterocycles. The lowest BCUT2D eigenvalue weighted by Gasteiger charge is -2.50. The van der Waals surface area contributed by atoms with Gasteiger partial charge in [-0.1, -0.05) is 42.8 Å². The monoisotopic (exact) mass is 496 g/mol. The number of hydrogen-bond donors (Lipinski definition) is 0. The van der Waals surface area contributed by atoms with Gasteiger partial charge in [-0.05, 0) is 102 Å². The lowest BCUT2D eigenvalue weighted by molar-refractivity contribution is -0.0500. The highest BCUT2D eigenvalue weighted by Gasteiger charge is 2.52. The SMILES string of the molecule is C[C@]12CC[C@@H]3c4ccc(OS(=O)(=O)C(F)(F)F)cc4CC[C@H]3[C@@H]1CC=C2c1ccc(Cl)cc1. The Labute approximate surface area is 196 Å². The van der Waals surface area contributed by atoms with Crippen LogP contribution in [0.4, 0.5) is 13.2 Å². The highest BCUT2D eigenvalue weighted by molar-refractivity contribution is 7.88. The minimum absolute atomic E-state index is 0.0797. The lowest BCUT2D eigenvalue weighted by atomic mass is 9.54. The Morgan fingerprint density at radius 2 is 1.82 bits per heavy atom. The normalized spacial score (nSPS) is 29.0. The third kappa shape index (κ3) is 3.77. The Hall–Kier alpha value is -1.99. The van der Waals surface area contributed by atoms with Gasteiger partial charge in [0.1, 0.15) is 5.75 Å². The van der Waals surface area contributed by atoms with E-state index >= 15 is 0 Å². The van der Waals surface area contributed by atoms with E-state index in [1.807, 2.05) is 12.1 Å². The summed E-state index contributed by atoms with van der Waals surface area (Å²) in [6.45, 7) is 2.36. The second kappa shape index (κ2) is 7.77. The van der Waals surface area contributed by atoms with Gasteiger partial charge in [0.05, 0.1) is 0 Å². The highest BCUT2D eigenvalue weighted by Crippen LogP contribution is 2.63. The Kier molecular flexibility index (Phi) is 5.37. The van der Waals surface area contributed by atoms with Crippen LogP contribution in [0, 0.1) is 17.3 Å². The third-order valence-electron chi connectivity index (χ3n) is 7.92. The molecule has 3 aliphatic rings. The minimum atomic E-state index is -5.67. The van der Waals surface area contributed by atoms with Crippen molar-refractivity contribution in [1.82, 2.24) is 0 Å². The molecular formula is C25H24ClF3O3S. The van der Waals surface area contributed by atoms with E-state index in [-0.39, 0.29) is 11.2 Å². The lowest BCUT2D eigenvalue weighted by Crippen LogP contribution is -2.40. The molecule has 0 radical (unpaired) electrons. The Balaban J connectivity index is 1.39. The van der Waals surface area contributed by atoms with E-state index in [4.69, 9.17) is 11.6 Å². The summed E-state index contributed by atoms with van der Waals surface area (Å²) in [5.74, 6) is 1.01. The molecule has 3 aliphatic carbocycles. The zero-order chi connectivity index (χ0) is 23.6. The maximum Gasteiger partial charge on any atom is 0.534 e. The van der Waals surface area contributed by atoms with Crippen LogP contribution in [0.5, 0.6) is 5.75 Å². The Morgan fingerprint density at radius 1 is 1.09 bits per heavy atom. The van der Waals surface area contributed by atoms with E-state index in [1.54, 1.807) is 6.07 Å². The number of aryl methyl sites for hydroxylation is 1. The van der Waals surface area contributed by atoms with Crippen LogP contribution >= 0.6 is 11.6 Å². The average Bonchev–Trinajstić information content (AvgIpc) is 3.10. The van der Waals surface area contributed by atoms with Crippen LogP contribution in [0.25, 0.3) is 5.57 Å². The van der Waals surface area contributed by atoms with Crippen LogP contribution in [-0.2, 0) is 16.5 Å². The van der Waals surface area contributed by atoms with E-state index in [2.05, 4.69) is 29.3 Å². The van der Waals surface area contributed by atoms with E-state index in [0.29, 0.717) is 24.2 Å². The summed E-state index contributed by atoms with van der Waals surface area (Å²) >= 11 is 6.08. The number of rotatable bonds is 3. The molecule has 5 rings (SSSR count). The van der Waals surface area contributed by atoms with Gasteiger partial charge in [-0.15, -0.1) is 0 Å². The average molecular weight is 497 g/mol. The predicted octanol–water partition coefficient (Wildman–Crippen LogP) is 7.12. The van der Waals surface area contributed by atoms with Gasteiger partial charge in [0.15, 0.2) is 0 Å². The smallest absolute Gasteiger partial charge is 0.376 e. The van der Waals surface area contributed by atoms with Crippen molar-refractivity contribution in [2.75, 3.05) is 0 Å². The molecule has 3 nitrogen and oxygen atoms in total. The van der Waals surface area contributed by atoms with Gasteiger partial charge in [-0.25, -0.2) is 0 Å². The van der Waals surface area contributed by atoms with Crippen LogP contribution in [-0.4, -0.2) is 13.9 Å². The van der Waals surface area contributed by atoms with Crippen LogP contribution in [0.1, 0.15) is 55.2 Å². The molecular weight excluding hydrogens is 473 g/mol. The predicted molar refractivity (Wildman–Crippen MR) is 121 cm³/mol. The van der Waals surface area contributed by atoms with Crippen molar-refractivity contribution in [2.45, 2.75) is 50.5 Å². The first kappa shape index (κ1) is 22.8. The quantitative estimate of drug-likeness (QED) is 0.335. The molecule has 0 unspecified atom stereocenters. The fourth-order valence-corrected chi connectivity index (χ4v) is 7.01. The summed E-state index contributed by atoms with van der Waals surface area (Å²) in [6.07, 6.45) is 7.00.